The molecule has 0 bridgehead atoms. The predicted octanol–water partition coefficient (Wildman–Crippen LogP) is 4.18. The van der Waals surface area contributed by atoms with Gasteiger partial charge in [0, 0.05) is 43.1 Å². The summed E-state index contributed by atoms with van der Waals surface area (Å²) in [6, 6.07) is 10.9. The lowest BCUT2D eigenvalue weighted by atomic mass is 10.1. The van der Waals surface area contributed by atoms with Crippen molar-refractivity contribution in [1.82, 2.24) is 14.1 Å². The lowest BCUT2D eigenvalue weighted by molar-refractivity contribution is -0.116. The number of aryl methyl sites for hydroxylation is 2. The molecule has 2 heterocycles. The van der Waals surface area contributed by atoms with Gasteiger partial charge in [-0.3, -0.25) is 13.9 Å². The number of rotatable bonds is 7. The van der Waals surface area contributed by atoms with E-state index in [9.17, 15) is 18.4 Å². The summed E-state index contributed by atoms with van der Waals surface area (Å²) in [7, 11) is 0. The first kappa shape index (κ1) is 20.9. The highest BCUT2D eigenvalue weighted by molar-refractivity contribution is 7.15. The molecule has 1 amide bonds. The van der Waals surface area contributed by atoms with Crippen molar-refractivity contribution >= 4 is 33.4 Å². The molecule has 0 aliphatic heterocycles. The van der Waals surface area contributed by atoms with Crippen LogP contribution in [0, 0.1) is 11.6 Å². The van der Waals surface area contributed by atoms with Gasteiger partial charge < -0.3 is 5.32 Å². The van der Waals surface area contributed by atoms with E-state index in [-0.39, 0.29) is 31.0 Å². The van der Waals surface area contributed by atoms with Crippen molar-refractivity contribution < 1.29 is 13.6 Å². The summed E-state index contributed by atoms with van der Waals surface area (Å²) in [5, 5.41) is 3.12. The van der Waals surface area contributed by atoms with Crippen molar-refractivity contribution in [1.29, 1.82) is 0 Å². The normalized spacial score (nSPS) is 11.2. The van der Waals surface area contributed by atoms with Crippen LogP contribution in [0.1, 0.15) is 23.8 Å². The molecular formula is C22H20F2N4O2S. The van der Waals surface area contributed by atoms with Crippen LogP contribution < -0.4 is 11.0 Å². The summed E-state index contributed by atoms with van der Waals surface area (Å²) < 4.78 is 30.1. The van der Waals surface area contributed by atoms with Gasteiger partial charge in [-0.15, -0.1) is 11.3 Å². The summed E-state index contributed by atoms with van der Waals surface area (Å²) >= 11 is 1.23. The highest BCUT2D eigenvalue weighted by Gasteiger charge is 2.14. The number of nitrogens with zero attached hydrogens (tertiary/aromatic N) is 3. The number of hydrogen-bond donors (Lipinski definition) is 1. The maximum atomic E-state index is 13.8. The van der Waals surface area contributed by atoms with E-state index in [1.807, 2.05) is 31.2 Å². The summed E-state index contributed by atoms with van der Waals surface area (Å²) in [5.41, 5.74) is 1.84. The Hall–Kier alpha value is -3.33. The molecule has 160 valence electrons. The van der Waals surface area contributed by atoms with Crippen molar-refractivity contribution in [2.24, 2.45) is 0 Å². The van der Waals surface area contributed by atoms with Crippen molar-refractivity contribution in [2.75, 3.05) is 5.32 Å². The SMILES string of the molecule is CCn1c(=O)n(CCC(=O)Nc2ncc(Cc3ccc(F)cc3F)s2)c2ccccc21. The van der Waals surface area contributed by atoms with E-state index in [4.69, 9.17) is 0 Å². The fourth-order valence-electron chi connectivity index (χ4n) is 3.49. The second-order valence-corrected chi connectivity index (χ2v) is 8.12. The van der Waals surface area contributed by atoms with Crippen LogP contribution in [-0.2, 0) is 24.3 Å². The van der Waals surface area contributed by atoms with Crippen LogP contribution in [0.25, 0.3) is 11.0 Å². The third-order valence-corrected chi connectivity index (χ3v) is 5.90. The van der Waals surface area contributed by atoms with Gasteiger partial charge in [0.25, 0.3) is 0 Å². The van der Waals surface area contributed by atoms with Crippen molar-refractivity contribution in [2.45, 2.75) is 32.9 Å². The minimum Gasteiger partial charge on any atom is -0.302 e. The van der Waals surface area contributed by atoms with E-state index in [0.717, 1.165) is 22.0 Å². The Labute approximate surface area is 180 Å². The Morgan fingerprint density at radius 2 is 1.87 bits per heavy atom. The molecule has 0 aliphatic carbocycles. The first-order chi connectivity index (χ1) is 15.0. The van der Waals surface area contributed by atoms with Gasteiger partial charge in [-0.2, -0.15) is 0 Å². The Kier molecular flexibility index (Phi) is 5.94. The molecule has 0 unspecified atom stereocenters. The number of aromatic nitrogens is 3. The van der Waals surface area contributed by atoms with Crippen molar-refractivity contribution in [3.63, 3.8) is 0 Å². The van der Waals surface area contributed by atoms with E-state index >= 15 is 0 Å². The Balaban J connectivity index is 1.41. The minimum absolute atomic E-state index is 0.110. The molecular weight excluding hydrogens is 422 g/mol. The zero-order valence-electron chi connectivity index (χ0n) is 16.8. The van der Waals surface area contributed by atoms with E-state index in [0.29, 0.717) is 17.2 Å². The predicted molar refractivity (Wildman–Crippen MR) is 116 cm³/mol. The number of carbonyl (C=O) groups excluding carboxylic acids is 1. The van der Waals surface area contributed by atoms with Crippen LogP contribution in [0.15, 0.2) is 53.5 Å². The summed E-state index contributed by atoms with van der Waals surface area (Å²) in [6.07, 6.45) is 1.92. The van der Waals surface area contributed by atoms with Crippen molar-refractivity contribution in [3.05, 3.63) is 81.2 Å². The Morgan fingerprint density at radius 3 is 2.58 bits per heavy atom. The van der Waals surface area contributed by atoms with Gasteiger partial charge in [0.2, 0.25) is 5.91 Å². The molecule has 0 saturated heterocycles. The third-order valence-electron chi connectivity index (χ3n) is 4.98. The Morgan fingerprint density at radius 1 is 1.13 bits per heavy atom. The number of carbonyl (C=O) groups is 1. The molecule has 6 nitrogen and oxygen atoms in total. The number of fused-ring (bicyclic) bond motifs is 1. The average Bonchev–Trinajstić information content (AvgIpc) is 3.29. The van der Waals surface area contributed by atoms with Crippen LogP contribution >= 0.6 is 11.3 Å². The number of nitrogens with one attached hydrogen (secondary N) is 1. The topological polar surface area (TPSA) is 68.9 Å². The molecule has 2 aromatic heterocycles. The number of thiazole rings is 1. The lowest BCUT2D eigenvalue weighted by Crippen LogP contribution is -2.25. The van der Waals surface area contributed by atoms with Gasteiger partial charge >= 0.3 is 5.69 Å². The van der Waals surface area contributed by atoms with Crippen LogP contribution in [0.4, 0.5) is 13.9 Å². The first-order valence-electron chi connectivity index (χ1n) is 9.82. The molecule has 2 aromatic carbocycles. The molecule has 0 radical (unpaired) electrons. The van der Waals surface area contributed by atoms with Gasteiger partial charge in [0.1, 0.15) is 11.6 Å². The number of benzene rings is 2. The quantitative estimate of drug-likeness (QED) is 0.467. The second-order valence-electron chi connectivity index (χ2n) is 7.01. The Bertz CT molecular complexity index is 1310. The summed E-state index contributed by atoms with van der Waals surface area (Å²) in [6.45, 7) is 2.70. The molecule has 31 heavy (non-hydrogen) atoms. The molecule has 0 atom stereocenters. The van der Waals surface area contributed by atoms with Gasteiger partial charge in [-0.05, 0) is 30.7 Å². The maximum Gasteiger partial charge on any atom is 0.329 e. The lowest BCUT2D eigenvalue weighted by Gasteiger charge is -2.04. The molecule has 1 N–H and O–H groups in total. The summed E-state index contributed by atoms with van der Waals surface area (Å²) in [5.74, 6) is -1.51. The van der Waals surface area contributed by atoms with Crippen LogP contribution in [-0.4, -0.2) is 20.0 Å². The molecule has 0 fully saturated rings. The number of hydrogen-bond acceptors (Lipinski definition) is 4. The van der Waals surface area contributed by atoms with E-state index < -0.39 is 11.6 Å². The van der Waals surface area contributed by atoms with E-state index in [2.05, 4.69) is 10.3 Å². The highest BCUT2D eigenvalue weighted by Crippen LogP contribution is 2.23. The molecule has 9 heteroatoms. The minimum atomic E-state index is -0.625. The number of imidazole rings is 1. The molecule has 4 aromatic rings. The fraction of sp³-hybridized carbons (Fsp3) is 0.227. The van der Waals surface area contributed by atoms with Crippen LogP contribution in [0.2, 0.25) is 0 Å². The van der Waals surface area contributed by atoms with Gasteiger partial charge in [-0.25, -0.2) is 18.6 Å². The fourth-order valence-corrected chi connectivity index (χ4v) is 4.34. The average molecular weight is 442 g/mol. The molecule has 0 spiro atoms. The van der Waals surface area contributed by atoms with E-state index in [1.165, 1.54) is 23.5 Å². The maximum absolute atomic E-state index is 13.8. The number of amides is 1. The van der Waals surface area contributed by atoms with Gasteiger partial charge in [0.15, 0.2) is 5.13 Å². The first-order valence-corrected chi connectivity index (χ1v) is 10.6. The zero-order chi connectivity index (χ0) is 22.0. The number of anilines is 1. The molecule has 0 aliphatic rings. The third kappa shape index (κ3) is 4.41. The van der Waals surface area contributed by atoms with Gasteiger partial charge in [0.05, 0.1) is 11.0 Å². The standard InChI is InChI=1S/C22H20F2N4O2S/c1-2-27-18-5-3-4-6-19(18)28(22(27)30)10-9-20(29)26-21-25-13-16(31-21)11-14-7-8-15(23)12-17(14)24/h3-8,12-13H,2,9-11H2,1H3,(H,25,26,29). The number of halogens is 2. The number of para-hydroxylation sites is 2. The van der Waals surface area contributed by atoms with Crippen molar-refractivity contribution in [3.8, 4) is 0 Å². The second kappa shape index (κ2) is 8.81. The smallest absolute Gasteiger partial charge is 0.302 e. The zero-order valence-corrected chi connectivity index (χ0v) is 17.6. The van der Waals surface area contributed by atoms with Gasteiger partial charge in [-0.1, -0.05) is 18.2 Å². The largest absolute Gasteiger partial charge is 0.329 e. The summed E-state index contributed by atoms with van der Waals surface area (Å²) in [4.78, 5) is 29.9. The monoisotopic (exact) mass is 442 g/mol. The van der Waals surface area contributed by atoms with E-state index in [1.54, 1.807) is 15.3 Å². The van der Waals surface area contributed by atoms with Crippen LogP contribution in [0.5, 0.6) is 0 Å². The van der Waals surface area contributed by atoms with Crippen LogP contribution in [0.3, 0.4) is 0 Å². The highest BCUT2D eigenvalue weighted by atomic mass is 32.1. The molecule has 0 saturated carbocycles. The molecule has 4 rings (SSSR count).